The summed E-state index contributed by atoms with van der Waals surface area (Å²) in [4.78, 5) is 0. The summed E-state index contributed by atoms with van der Waals surface area (Å²) >= 11 is 0. The highest BCUT2D eigenvalue weighted by Gasteiger charge is 2.28. The fraction of sp³-hybridized carbons (Fsp3) is 0.500. The van der Waals surface area contributed by atoms with Crippen molar-refractivity contribution in [3.05, 3.63) is 30.3 Å². The zero-order chi connectivity index (χ0) is 9.86. The SMILES string of the molecule is Br.PC1(Oc2ccccc2)CCCCC1. The van der Waals surface area contributed by atoms with E-state index in [4.69, 9.17) is 4.74 Å². The van der Waals surface area contributed by atoms with Crippen molar-refractivity contribution < 1.29 is 4.74 Å². The molecule has 0 radical (unpaired) electrons. The van der Waals surface area contributed by atoms with Gasteiger partial charge >= 0.3 is 0 Å². The first-order chi connectivity index (χ1) is 6.79. The molecule has 1 aliphatic rings. The van der Waals surface area contributed by atoms with Gasteiger partial charge in [-0.1, -0.05) is 33.9 Å². The van der Waals surface area contributed by atoms with Gasteiger partial charge in [0.25, 0.3) is 0 Å². The smallest absolute Gasteiger partial charge is 0.121 e. The van der Waals surface area contributed by atoms with Gasteiger partial charge in [-0.3, -0.25) is 0 Å². The van der Waals surface area contributed by atoms with Gasteiger partial charge in [0, 0.05) is 0 Å². The number of benzene rings is 1. The Balaban J connectivity index is 0.00000112. The van der Waals surface area contributed by atoms with E-state index in [2.05, 4.69) is 9.24 Å². The summed E-state index contributed by atoms with van der Waals surface area (Å²) in [5.41, 5.74) is 0. The average molecular weight is 289 g/mol. The van der Waals surface area contributed by atoms with Crippen molar-refractivity contribution in [3.63, 3.8) is 0 Å². The maximum absolute atomic E-state index is 6.01. The highest BCUT2D eigenvalue weighted by Crippen LogP contribution is 2.37. The van der Waals surface area contributed by atoms with Gasteiger partial charge in [-0.25, -0.2) is 0 Å². The predicted octanol–water partition coefficient (Wildman–Crippen LogP) is 4.18. The lowest BCUT2D eigenvalue weighted by Gasteiger charge is -2.34. The number of halogens is 1. The molecule has 1 fully saturated rings. The van der Waals surface area contributed by atoms with Crippen LogP contribution in [-0.4, -0.2) is 5.34 Å². The van der Waals surface area contributed by atoms with Crippen LogP contribution in [0.1, 0.15) is 32.1 Å². The fourth-order valence-electron chi connectivity index (χ4n) is 1.98. The lowest BCUT2D eigenvalue weighted by molar-refractivity contribution is 0.119. The van der Waals surface area contributed by atoms with E-state index >= 15 is 0 Å². The van der Waals surface area contributed by atoms with Crippen molar-refractivity contribution in [3.8, 4) is 5.75 Å². The van der Waals surface area contributed by atoms with Gasteiger partial charge in [0.1, 0.15) is 11.1 Å². The van der Waals surface area contributed by atoms with E-state index in [1.54, 1.807) is 0 Å². The Bertz CT molecular complexity index is 283. The molecular formula is C12H18BrOP. The minimum absolute atomic E-state index is 0. The van der Waals surface area contributed by atoms with Crippen LogP contribution in [0.25, 0.3) is 0 Å². The molecule has 1 aromatic rings. The van der Waals surface area contributed by atoms with Crippen LogP contribution in [0, 0.1) is 0 Å². The summed E-state index contributed by atoms with van der Waals surface area (Å²) < 4.78 is 6.01. The van der Waals surface area contributed by atoms with Crippen molar-refractivity contribution in [2.75, 3.05) is 0 Å². The molecular weight excluding hydrogens is 271 g/mol. The van der Waals surface area contributed by atoms with E-state index in [-0.39, 0.29) is 22.3 Å². The first-order valence-corrected chi connectivity index (χ1v) is 5.89. The van der Waals surface area contributed by atoms with Gasteiger partial charge in [-0.15, -0.1) is 17.0 Å². The van der Waals surface area contributed by atoms with Crippen LogP contribution in [0.5, 0.6) is 5.75 Å². The topological polar surface area (TPSA) is 9.23 Å². The summed E-state index contributed by atoms with van der Waals surface area (Å²) in [7, 11) is 2.89. The zero-order valence-electron chi connectivity index (χ0n) is 8.82. The normalized spacial score (nSPS) is 19.0. The molecule has 1 atom stereocenters. The second-order valence-corrected chi connectivity index (χ2v) is 5.09. The molecule has 0 heterocycles. The Morgan fingerprint density at radius 2 is 1.60 bits per heavy atom. The summed E-state index contributed by atoms with van der Waals surface area (Å²) in [6.07, 6.45) is 6.25. The highest BCUT2D eigenvalue weighted by atomic mass is 79.9. The van der Waals surface area contributed by atoms with Gasteiger partial charge in [0.2, 0.25) is 0 Å². The Hall–Kier alpha value is -0.0700. The van der Waals surface area contributed by atoms with Crippen LogP contribution in [0.15, 0.2) is 30.3 Å². The molecule has 0 spiro atoms. The first kappa shape index (κ1) is 13.0. The third-order valence-corrected chi connectivity index (χ3v) is 3.46. The van der Waals surface area contributed by atoms with Gasteiger partial charge in [0.15, 0.2) is 0 Å². The molecule has 1 aromatic carbocycles. The molecule has 1 aliphatic carbocycles. The van der Waals surface area contributed by atoms with Gasteiger partial charge in [-0.05, 0) is 37.8 Å². The lowest BCUT2D eigenvalue weighted by atomic mass is 9.97. The van der Waals surface area contributed by atoms with E-state index < -0.39 is 0 Å². The molecule has 0 amide bonds. The first-order valence-electron chi connectivity index (χ1n) is 5.31. The van der Waals surface area contributed by atoms with Crippen molar-refractivity contribution in [1.82, 2.24) is 0 Å². The van der Waals surface area contributed by atoms with E-state index in [0.717, 1.165) is 18.6 Å². The minimum Gasteiger partial charge on any atom is -0.483 e. The van der Waals surface area contributed by atoms with Gasteiger partial charge < -0.3 is 4.74 Å². The molecule has 0 aromatic heterocycles. The number of para-hydroxylation sites is 1. The largest absolute Gasteiger partial charge is 0.483 e. The van der Waals surface area contributed by atoms with Crippen molar-refractivity contribution in [1.29, 1.82) is 0 Å². The lowest BCUT2D eigenvalue weighted by Crippen LogP contribution is -2.30. The Kier molecular flexibility index (Phi) is 5.08. The van der Waals surface area contributed by atoms with E-state index in [0.29, 0.717) is 0 Å². The molecule has 84 valence electrons. The second kappa shape index (κ2) is 5.86. The minimum atomic E-state index is -0.000394. The quantitative estimate of drug-likeness (QED) is 0.742. The van der Waals surface area contributed by atoms with Crippen LogP contribution < -0.4 is 4.74 Å². The third-order valence-electron chi connectivity index (χ3n) is 2.76. The molecule has 0 aliphatic heterocycles. The predicted molar refractivity (Wildman–Crippen MR) is 72.9 cm³/mol. The number of hydrogen-bond donors (Lipinski definition) is 0. The van der Waals surface area contributed by atoms with Crippen molar-refractivity contribution >= 4 is 26.2 Å². The van der Waals surface area contributed by atoms with Gasteiger partial charge in [0.05, 0.1) is 0 Å². The van der Waals surface area contributed by atoms with Crippen LogP contribution in [-0.2, 0) is 0 Å². The second-order valence-electron chi connectivity index (χ2n) is 4.04. The number of ether oxygens (including phenoxy) is 1. The van der Waals surface area contributed by atoms with Crippen LogP contribution in [0.4, 0.5) is 0 Å². The highest BCUT2D eigenvalue weighted by molar-refractivity contribution is 8.93. The summed E-state index contributed by atoms with van der Waals surface area (Å²) in [5, 5.41) is -0.000394. The zero-order valence-corrected chi connectivity index (χ0v) is 11.7. The Morgan fingerprint density at radius 1 is 1.00 bits per heavy atom. The van der Waals surface area contributed by atoms with E-state index in [9.17, 15) is 0 Å². The monoisotopic (exact) mass is 288 g/mol. The molecule has 1 unspecified atom stereocenters. The molecule has 0 N–H and O–H groups in total. The number of hydrogen-bond acceptors (Lipinski definition) is 1. The molecule has 0 saturated heterocycles. The summed E-state index contributed by atoms with van der Waals surface area (Å²) in [6, 6.07) is 10.1. The third kappa shape index (κ3) is 3.77. The maximum Gasteiger partial charge on any atom is 0.121 e. The molecule has 2 rings (SSSR count). The average Bonchev–Trinajstić information content (AvgIpc) is 2.19. The van der Waals surface area contributed by atoms with E-state index in [1.807, 2.05) is 30.3 Å². The summed E-state index contributed by atoms with van der Waals surface area (Å²) in [5.74, 6) is 0.990. The molecule has 1 saturated carbocycles. The Morgan fingerprint density at radius 3 is 2.20 bits per heavy atom. The summed E-state index contributed by atoms with van der Waals surface area (Å²) in [6.45, 7) is 0. The number of rotatable bonds is 2. The fourth-order valence-corrected chi connectivity index (χ4v) is 2.52. The molecule has 1 nitrogen and oxygen atoms in total. The standard InChI is InChI=1S/C12H17OP.BrH/c14-12(9-5-2-6-10-12)13-11-7-3-1-4-8-11;/h1,3-4,7-8H,2,5-6,9-10,14H2;1H. The maximum atomic E-state index is 6.01. The Labute approximate surface area is 105 Å². The molecule has 3 heteroatoms. The van der Waals surface area contributed by atoms with Crippen molar-refractivity contribution in [2.24, 2.45) is 0 Å². The van der Waals surface area contributed by atoms with Crippen molar-refractivity contribution in [2.45, 2.75) is 37.4 Å². The molecule has 0 bridgehead atoms. The molecule has 15 heavy (non-hydrogen) atoms. The van der Waals surface area contributed by atoms with Gasteiger partial charge in [-0.2, -0.15) is 0 Å². The van der Waals surface area contributed by atoms with Crippen LogP contribution in [0.3, 0.4) is 0 Å². The van der Waals surface area contributed by atoms with Crippen LogP contribution >= 0.6 is 26.2 Å². The van der Waals surface area contributed by atoms with E-state index in [1.165, 1.54) is 19.3 Å². The van der Waals surface area contributed by atoms with Crippen LogP contribution in [0.2, 0.25) is 0 Å².